The lowest BCUT2D eigenvalue weighted by atomic mass is 9.58. The van der Waals surface area contributed by atoms with Crippen LogP contribution in [0.2, 0.25) is 0 Å². The van der Waals surface area contributed by atoms with Gasteiger partial charge in [0.25, 0.3) is 0 Å². The Bertz CT molecular complexity index is 287. The summed E-state index contributed by atoms with van der Waals surface area (Å²) in [4.78, 5) is 0. The van der Waals surface area contributed by atoms with E-state index < -0.39 is 0 Å². The van der Waals surface area contributed by atoms with E-state index in [0.717, 1.165) is 12.5 Å². The van der Waals surface area contributed by atoms with E-state index in [4.69, 9.17) is 4.74 Å². The van der Waals surface area contributed by atoms with Crippen LogP contribution in [0, 0.1) is 11.3 Å². The third kappa shape index (κ3) is 3.06. The Hall–Kier alpha value is -0.0800. The van der Waals surface area contributed by atoms with Crippen LogP contribution in [0.4, 0.5) is 0 Å². The van der Waals surface area contributed by atoms with Crippen molar-refractivity contribution in [2.45, 2.75) is 97.3 Å². The van der Waals surface area contributed by atoms with Crippen molar-refractivity contribution in [2.75, 3.05) is 6.54 Å². The van der Waals surface area contributed by atoms with E-state index in [1.165, 1.54) is 51.4 Å². The second-order valence-corrected chi connectivity index (χ2v) is 6.97. The smallest absolute Gasteiger partial charge is 0.0664 e. The molecule has 0 aromatic carbocycles. The van der Waals surface area contributed by atoms with Gasteiger partial charge in [-0.15, -0.1) is 0 Å². The van der Waals surface area contributed by atoms with Crippen LogP contribution in [0.5, 0.6) is 0 Å². The standard InChI is InChI=1S/C18H35NO/c1-5-14-10-9-11-15(12-14)20-17-13-16(19-8-4)18(17,6-2)7-3/h14-17,19H,5-13H2,1-4H3. The van der Waals surface area contributed by atoms with Gasteiger partial charge >= 0.3 is 0 Å². The average Bonchev–Trinajstić information content (AvgIpc) is 2.48. The maximum Gasteiger partial charge on any atom is 0.0664 e. The summed E-state index contributed by atoms with van der Waals surface area (Å²) in [5.41, 5.74) is 0.398. The van der Waals surface area contributed by atoms with Gasteiger partial charge in [-0.3, -0.25) is 0 Å². The molecule has 0 bridgehead atoms. The molecule has 2 rings (SSSR count). The number of hydrogen-bond donors (Lipinski definition) is 1. The fourth-order valence-electron chi connectivity index (χ4n) is 4.64. The van der Waals surface area contributed by atoms with Crippen LogP contribution in [0.1, 0.15) is 79.1 Å². The molecule has 0 aromatic rings. The lowest BCUT2D eigenvalue weighted by Crippen LogP contribution is -2.64. The molecule has 2 aliphatic rings. The van der Waals surface area contributed by atoms with Crippen LogP contribution >= 0.6 is 0 Å². The summed E-state index contributed by atoms with van der Waals surface area (Å²) >= 11 is 0. The molecule has 20 heavy (non-hydrogen) atoms. The van der Waals surface area contributed by atoms with Gasteiger partial charge in [0.2, 0.25) is 0 Å². The SMILES string of the molecule is CCNC1CC(OC2CCCC(CC)C2)C1(CC)CC. The molecule has 4 unspecified atom stereocenters. The molecule has 1 N–H and O–H groups in total. The normalized spacial score (nSPS) is 36.6. The van der Waals surface area contributed by atoms with E-state index in [0.29, 0.717) is 23.7 Å². The number of hydrogen-bond acceptors (Lipinski definition) is 2. The summed E-state index contributed by atoms with van der Waals surface area (Å²) in [6, 6.07) is 0.679. The van der Waals surface area contributed by atoms with Gasteiger partial charge in [0, 0.05) is 11.5 Å². The second kappa shape index (κ2) is 7.26. The zero-order valence-electron chi connectivity index (χ0n) is 14.1. The third-order valence-corrected chi connectivity index (χ3v) is 6.22. The molecule has 0 aliphatic heterocycles. The molecule has 0 saturated heterocycles. The zero-order chi connectivity index (χ0) is 14.6. The molecule has 2 nitrogen and oxygen atoms in total. The summed E-state index contributed by atoms with van der Waals surface area (Å²) in [7, 11) is 0. The van der Waals surface area contributed by atoms with Crippen molar-refractivity contribution in [1.82, 2.24) is 5.32 Å². The number of rotatable bonds is 7. The van der Waals surface area contributed by atoms with Gasteiger partial charge in [0.1, 0.15) is 0 Å². The molecule has 4 atom stereocenters. The molecule has 118 valence electrons. The van der Waals surface area contributed by atoms with E-state index in [9.17, 15) is 0 Å². The molecule has 2 fully saturated rings. The summed E-state index contributed by atoms with van der Waals surface area (Å²) in [5, 5.41) is 3.68. The van der Waals surface area contributed by atoms with Crippen LogP contribution in [-0.4, -0.2) is 24.8 Å². The lowest BCUT2D eigenvalue weighted by Gasteiger charge is -2.57. The van der Waals surface area contributed by atoms with Crippen LogP contribution < -0.4 is 5.32 Å². The topological polar surface area (TPSA) is 21.3 Å². The van der Waals surface area contributed by atoms with E-state index in [2.05, 4.69) is 33.0 Å². The first kappa shape index (κ1) is 16.3. The lowest BCUT2D eigenvalue weighted by molar-refractivity contribution is -0.175. The minimum atomic E-state index is 0.398. The number of ether oxygens (including phenoxy) is 1. The molecule has 0 radical (unpaired) electrons. The third-order valence-electron chi connectivity index (χ3n) is 6.22. The summed E-state index contributed by atoms with van der Waals surface area (Å²) in [5.74, 6) is 0.913. The van der Waals surface area contributed by atoms with Crippen molar-refractivity contribution >= 4 is 0 Å². The van der Waals surface area contributed by atoms with Gasteiger partial charge in [0.15, 0.2) is 0 Å². The minimum Gasteiger partial charge on any atom is -0.374 e. The van der Waals surface area contributed by atoms with Gasteiger partial charge in [-0.2, -0.15) is 0 Å². The highest BCUT2D eigenvalue weighted by Crippen LogP contribution is 2.50. The maximum absolute atomic E-state index is 6.59. The van der Waals surface area contributed by atoms with E-state index in [1.54, 1.807) is 0 Å². The molecular formula is C18H35NO. The predicted molar refractivity (Wildman–Crippen MR) is 86.0 cm³/mol. The van der Waals surface area contributed by atoms with Crippen molar-refractivity contribution in [3.63, 3.8) is 0 Å². The first-order chi connectivity index (χ1) is 9.70. The number of nitrogens with one attached hydrogen (secondary N) is 1. The van der Waals surface area contributed by atoms with E-state index >= 15 is 0 Å². The van der Waals surface area contributed by atoms with Crippen molar-refractivity contribution in [1.29, 1.82) is 0 Å². The van der Waals surface area contributed by atoms with Gasteiger partial charge in [0.05, 0.1) is 12.2 Å². The van der Waals surface area contributed by atoms with Crippen LogP contribution in [-0.2, 0) is 4.74 Å². The van der Waals surface area contributed by atoms with Crippen LogP contribution in [0.3, 0.4) is 0 Å². The molecular weight excluding hydrogens is 246 g/mol. The van der Waals surface area contributed by atoms with E-state index in [1.807, 2.05) is 0 Å². The average molecular weight is 281 g/mol. The molecule has 0 amide bonds. The van der Waals surface area contributed by atoms with Gasteiger partial charge in [-0.05, 0) is 44.6 Å². The monoisotopic (exact) mass is 281 g/mol. The molecule has 2 saturated carbocycles. The first-order valence-corrected chi connectivity index (χ1v) is 9.08. The summed E-state index contributed by atoms with van der Waals surface area (Å²) < 4.78 is 6.59. The van der Waals surface area contributed by atoms with Crippen molar-refractivity contribution < 1.29 is 4.74 Å². The summed E-state index contributed by atoms with van der Waals surface area (Å²) in [6.07, 6.45) is 11.5. The van der Waals surface area contributed by atoms with Crippen LogP contribution in [0.15, 0.2) is 0 Å². The molecule has 0 aromatic heterocycles. The first-order valence-electron chi connectivity index (χ1n) is 9.08. The zero-order valence-corrected chi connectivity index (χ0v) is 14.1. The van der Waals surface area contributed by atoms with Crippen LogP contribution in [0.25, 0.3) is 0 Å². The van der Waals surface area contributed by atoms with Gasteiger partial charge in [-0.1, -0.05) is 47.0 Å². The second-order valence-electron chi connectivity index (χ2n) is 6.97. The quantitative estimate of drug-likeness (QED) is 0.740. The van der Waals surface area contributed by atoms with E-state index in [-0.39, 0.29) is 0 Å². The Labute approximate surface area is 126 Å². The van der Waals surface area contributed by atoms with Crippen molar-refractivity contribution in [3.05, 3.63) is 0 Å². The highest BCUT2D eigenvalue weighted by molar-refractivity contribution is 5.07. The molecule has 0 heterocycles. The van der Waals surface area contributed by atoms with Gasteiger partial charge in [-0.25, -0.2) is 0 Å². The highest BCUT2D eigenvalue weighted by atomic mass is 16.5. The molecule has 2 heteroatoms. The Kier molecular flexibility index (Phi) is 5.92. The van der Waals surface area contributed by atoms with Crippen molar-refractivity contribution in [3.8, 4) is 0 Å². The highest BCUT2D eigenvalue weighted by Gasteiger charge is 2.53. The fraction of sp³-hybridized carbons (Fsp3) is 1.00. The Morgan fingerprint density at radius 3 is 2.40 bits per heavy atom. The largest absolute Gasteiger partial charge is 0.374 e. The molecule has 0 spiro atoms. The minimum absolute atomic E-state index is 0.398. The Morgan fingerprint density at radius 2 is 1.80 bits per heavy atom. The maximum atomic E-state index is 6.59. The molecule has 2 aliphatic carbocycles. The Balaban J connectivity index is 1.92. The fourth-order valence-corrected chi connectivity index (χ4v) is 4.64. The predicted octanol–water partition coefficient (Wildman–Crippen LogP) is 4.53. The Morgan fingerprint density at radius 1 is 1.05 bits per heavy atom. The van der Waals surface area contributed by atoms with Crippen molar-refractivity contribution in [2.24, 2.45) is 11.3 Å². The summed E-state index contributed by atoms with van der Waals surface area (Å²) in [6.45, 7) is 10.3. The van der Waals surface area contributed by atoms with Gasteiger partial charge < -0.3 is 10.1 Å².